The highest BCUT2D eigenvalue weighted by molar-refractivity contribution is 5.85. The molecule has 3 heteroatoms. The summed E-state index contributed by atoms with van der Waals surface area (Å²) in [6.07, 6.45) is 2.59. The van der Waals surface area contributed by atoms with Gasteiger partial charge in [0.1, 0.15) is 0 Å². The van der Waals surface area contributed by atoms with Crippen molar-refractivity contribution in [1.82, 2.24) is 4.90 Å². The molecule has 1 heterocycles. The third-order valence-corrected chi connectivity index (χ3v) is 4.88. The Bertz CT molecular complexity index is 446. The van der Waals surface area contributed by atoms with Crippen LogP contribution in [0.5, 0.6) is 0 Å². The van der Waals surface area contributed by atoms with Gasteiger partial charge in [-0.15, -0.1) is 12.4 Å². The highest BCUT2D eigenvalue weighted by Crippen LogP contribution is 2.37. The smallest absolute Gasteiger partial charge is 0.0236 e. The molecule has 1 saturated carbocycles. The number of nitrogens with zero attached hydrogens (tertiary/aromatic N) is 1. The number of hydrogen-bond acceptors (Lipinski definition) is 2. The molecule has 0 radical (unpaired) electrons. The zero-order valence-electron chi connectivity index (χ0n) is 11.9. The van der Waals surface area contributed by atoms with Crippen LogP contribution < -0.4 is 5.73 Å². The number of benzene rings is 1. The second-order valence-electron chi connectivity index (χ2n) is 6.29. The van der Waals surface area contributed by atoms with Crippen LogP contribution >= 0.6 is 12.4 Å². The summed E-state index contributed by atoms with van der Waals surface area (Å²) in [7, 11) is 0. The SMILES string of the molecule is Cc1ccc(CN2CC3CCC(N)C3C2)c(C)c1.Cl. The minimum absolute atomic E-state index is 0. The van der Waals surface area contributed by atoms with E-state index in [1.165, 1.54) is 42.6 Å². The van der Waals surface area contributed by atoms with Crippen molar-refractivity contribution in [1.29, 1.82) is 0 Å². The standard InChI is InChI=1S/C16H24N2.ClH/c1-11-3-4-13(12(2)7-11)8-18-9-14-5-6-16(17)15(14)10-18;/h3-4,7,14-16H,5-6,8-10,17H2,1-2H3;1H. The summed E-state index contributed by atoms with van der Waals surface area (Å²) < 4.78 is 0. The van der Waals surface area contributed by atoms with E-state index in [-0.39, 0.29) is 12.4 Å². The topological polar surface area (TPSA) is 29.3 Å². The van der Waals surface area contributed by atoms with Crippen LogP contribution in [0.4, 0.5) is 0 Å². The van der Waals surface area contributed by atoms with Gasteiger partial charge in [-0.25, -0.2) is 0 Å². The first-order valence-electron chi connectivity index (χ1n) is 7.17. The Balaban J connectivity index is 0.00000133. The summed E-state index contributed by atoms with van der Waals surface area (Å²) in [5, 5.41) is 0. The summed E-state index contributed by atoms with van der Waals surface area (Å²) in [5.41, 5.74) is 10.5. The van der Waals surface area contributed by atoms with Crippen LogP contribution in [0.3, 0.4) is 0 Å². The first kappa shape index (κ1) is 14.8. The molecule has 1 saturated heterocycles. The van der Waals surface area contributed by atoms with Crippen molar-refractivity contribution in [2.24, 2.45) is 17.6 Å². The number of rotatable bonds is 2. The lowest BCUT2D eigenvalue weighted by Gasteiger charge is -2.19. The summed E-state index contributed by atoms with van der Waals surface area (Å²) in [5.74, 6) is 1.63. The number of nitrogens with two attached hydrogens (primary N) is 1. The van der Waals surface area contributed by atoms with Gasteiger partial charge in [-0.2, -0.15) is 0 Å². The highest BCUT2D eigenvalue weighted by Gasteiger charge is 2.40. The average Bonchev–Trinajstić information content (AvgIpc) is 2.86. The van der Waals surface area contributed by atoms with E-state index in [0.717, 1.165) is 18.4 Å². The monoisotopic (exact) mass is 280 g/mol. The van der Waals surface area contributed by atoms with E-state index >= 15 is 0 Å². The fraction of sp³-hybridized carbons (Fsp3) is 0.625. The maximum atomic E-state index is 6.20. The van der Waals surface area contributed by atoms with Crippen molar-refractivity contribution in [2.45, 2.75) is 39.3 Å². The minimum atomic E-state index is 0. The highest BCUT2D eigenvalue weighted by atomic mass is 35.5. The van der Waals surface area contributed by atoms with Crippen molar-refractivity contribution in [2.75, 3.05) is 13.1 Å². The Kier molecular flexibility index (Phi) is 4.54. The number of aryl methyl sites for hydroxylation is 2. The van der Waals surface area contributed by atoms with E-state index in [0.29, 0.717) is 6.04 Å². The lowest BCUT2D eigenvalue weighted by Crippen LogP contribution is -2.30. The van der Waals surface area contributed by atoms with Crippen LogP contribution in [0.25, 0.3) is 0 Å². The first-order valence-corrected chi connectivity index (χ1v) is 7.17. The molecule has 1 aliphatic heterocycles. The molecule has 0 bridgehead atoms. The van der Waals surface area contributed by atoms with Crippen LogP contribution in [-0.4, -0.2) is 24.0 Å². The van der Waals surface area contributed by atoms with Crippen LogP contribution in [0, 0.1) is 25.7 Å². The van der Waals surface area contributed by atoms with E-state index in [9.17, 15) is 0 Å². The second-order valence-corrected chi connectivity index (χ2v) is 6.29. The molecule has 3 atom stereocenters. The van der Waals surface area contributed by atoms with Gasteiger partial charge in [0.25, 0.3) is 0 Å². The summed E-state index contributed by atoms with van der Waals surface area (Å²) in [6.45, 7) is 7.96. The molecule has 106 valence electrons. The maximum Gasteiger partial charge on any atom is 0.0236 e. The van der Waals surface area contributed by atoms with Gasteiger partial charge in [-0.3, -0.25) is 4.90 Å². The van der Waals surface area contributed by atoms with Crippen LogP contribution in [0.15, 0.2) is 18.2 Å². The third kappa shape index (κ3) is 2.96. The van der Waals surface area contributed by atoms with E-state index < -0.39 is 0 Å². The Hall–Kier alpha value is -0.570. The number of fused-ring (bicyclic) bond motifs is 1. The lowest BCUT2D eigenvalue weighted by atomic mass is 9.98. The molecule has 0 amide bonds. The lowest BCUT2D eigenvalue weighted by molar-refractivity contribution is 0.297. The number of hydrogen-bond donors (Lipinski definition) is 1. The summed E-state index contributed by atoms with van der Waals surface area (Å²) in [4.78, 5) is 2.60. The van der Waals surface area contributed by atoms with Crippen molar-refractivity contribution >= 4 is 12.4 Å². The van der Waals surface area contributed by atoms with Gasteiger partial charge in [0.2, 0.25) is 0 Å². The van der Waals surface area contributed by atoms with Gasteiger partial charge in [-0.1, -0.05) is 23.8 Å². The predicted molar refractivity (Wildman–Crippen MR) is 82.6 cm³/mol. The Morgan fingerprint density at radius 2 is 2.00 bits per heavy atom. The Labute approximate surface area is 122 Å². The van der Waals surface area contributed by atoms with Crippen molar-refractivity contribution in [3.63, 3.8) is 0 Å². The van der Waals surface area contributed by atoms with Gasteiger partial charge < -0.3 is 5.73 Å². The minimum Gasteiger partial charge on any atom is -0.327 e. The van der Waals surface area contributed by atoms with Gasteiger partial charge in [0.05, 0.1) is 0 Å². The molecule has 3 rings (SSSR count). The third-order valence-electron chi connectivity index (χ3n) is 4.88. The Morgan fingerprint density at radius 1 is 1.21 bits per heavy atom. The van der Waals surface area contributed by atoms with Crippen molar-refractivity contribution in [3.05, 3.63) is 34.9 Å². The van der Waals surface area contributed by atoms with Crippen molar-refractivity contribution < 1.29 is 0 Å². The van der Waals surface area contributed by atoms with Gasteiger partial charge in [0, 0.05) is 25.7 Å². The second kappa shape index (κ2) is 5.82. The molecule has 1 aromatic carbocycles. The van der Waals surface area contributed by atoms with E-state index in [4.69, 9.17) is 5.73 Å². The predicted octanol–water partition coefficient (Wildman–Crippen LogP) is 2.89. The molecule has 3 unspecified atom stereocenters. The summed E-state index contributed by atoms with van der Waals surface area (Å²) >= 11 is 0. The zero-order valence-corrected chi connectivity index (χ0v) is 12.7. The first-order chi connectivity index (χ1) is 8.63. The molecule has 0 spiro atoms. The van der Waals surface area contributed by atoms with Crippen LogP contribution in [-0.2, 0) is 6.54 Å². The fourth-order valence-corrected chi connectivity index (χ4v) is 3.79. The largest absolute Gasteiger partial charge is 0.327 e. The van der Waals surface area contributed by atoms with Crippen LogP contribution in [0.1, 0.15) is 29.5 Å². The molecule has 2 N–H and O–H groups in total. The molecule has 2 fully saturated rings. The zero-order chi connectivity index (χ0) is 12.7. The molecule has 1 aromatic rings. The van der Waals surface area contributed by atoms with Crippen LogP contribution in [0.2, 0.25) is 0 Å². The number of likely N-dealkylation sites (tertiary alicyclic amines) is 1. The molecular formula is C16H25ClN2. The van der Waals surface area contributed by atoms with E-state index in [1.807, 2.05) is 0 Å². The molecule has 1 aliphatic carbocycles. The molecule has 19 heavy (non-hydrogen) atoms. The normalized spacial score (nSPS) is 30.2. The number of halogens is 1. The van der Waals surface area contributed by atoms with Gasteiger partial charge >= 0.3 is 0 Å². The van der Waals surface area contributed by atoms with E-state index in [1.54, 1.807) is 0 Å². The van der Waals surface area contributed by atoms with Crippen molar-refractivity contribution in [3.8, 4) is 0 Å². The molecule has 2 nitrogen and oxygen atoms in total. The van der Waals surface area contributed by atoms with Gasteiger partial charge in [-0.05, 0) is 49.7 Å². The summed E-state index contributed by atoms with van der Waals surface area (Å²) in [6, 6.07) is 7.26. The maximum absolute atomic E-state index is 6.20. The average molecular weight is 281 g/mol. The molecule has 0 aromatic heterocycles. The Morgan fingerprint density at radius 3 is 2.68 bits per heavy atom. The molecule has 2 aliphatic rings. The van der Waals surface area contributed by atoms with E-state index in [2.05, 4.69) is 36.9 Å². The van der Waals surface area contributed by atoms with Gasteiger partial charge in [0.15, 0.2) is 0 Å². The molecular weight excluding hydrogens is 256 g/mol. The quantitative estimate of drug-likeness (QED) is 0.903. The fourth-order valence-electron chi connectivity index (χ4n) is 3.79.